The fourth-order valence-electron chi connectivity index (χ4n) is 2.20. The summed E-state index contributed by atoms with van der Waals surface area (Å²) in [4.78, 5) is 24.8. The van der Waals surface area contributed by atoms with Gasteiger partial charge in [-0.1, -0.05) is 12.1 Å². The van der Waals surface area contributed by atoms with Crippen LogP contribution in [0.3, 0.4) is 0 Å². The lowest BCUT2D eigenvalue weighted by Gasteiger charge is -2.36. The normalized spacial score (nSPS) is 19.2. The van der Waals surface area contributed by atoms with Gasteiger partial charge in [-0.25, -0.2) is 4.39 Å². The number of imide groups is 1. The van der Waals surface area contributed by atoms with Gasteiger partial charge >= 0.3 is 0 Å². The van der Waals surface area contributed by atoms with Gasteiger partial charge in [0.1, 0.15) is 5.82 Å². The minimum Gasteiger partial charge on any atom is -0.274 e. The van der Waals surface area contributed by atoms with E-state index in [4.69, 9.17) is 11.6 Å². The number of benzene rings is 1. The van der Waals surface area contributed by atoms with Crippen molar-refractivity contribution in [2.24, 2.45) is 0 Å². The minimum absolute atomic E-state index is 0.0795. The maximum atomic E-state index is 12.9. The Morgan fingerprint density at radius 3 is 2.17 bits per heavy atom. The van der Waals surface area contributed by atoms with Gasteiger partial charge in [0, 0.05) is 12.8 Å². The Morgan fingerprint density at radius 2 is 1.72 bits per heavy atom. The molecule has 0 radical (unpaired) electrons. The van der Waals surface area contributed by atoms with Crippen LogP contribution in [0.4, 0.5) is 4.39 Å². The topological polar surface area (TPSA) is 37.4 Å². The van der Waals surface area contributed by atoms with Gasteiger partial charge in [0.05, 0.1) is 11.4 Å². The molecule has 0 bridgehead atoms. The standard InChI is InChI=1S/C13H13ClFNO2/c1-13(8-14,9-2-4-10(15)5-3-9)16-11(17)6-7-12(16)18/h2-5H,6-8H2,1H3. The van der Waals surface area contributed by atoms with E-state index >= 15 is 0 Å². The molecule has 1 fully saturated rings. The summed E-state index contributed by atoms with van der Waals surface area (Å²) in [5, 5.41) is 0. The van der Waals surface area contributed by atoms with Crippen LogP contribution in [0.25, 0.3) is 0 Å². The Labute approximate surface area is 110 Å². The monoisotopic (exact) mass is 269 g/mol. The highest BCUT2D eigenvalue weighted by Crippen LogP contribution is 2.34. The number of alkyl halides is 1. The predicted octanol–water partition coefficient (Wildman–Crippen LogP) is 2.43. The summed E-state index contributed by atoms with van der Waals surface area (Å²) >= 11 is 5.95. The molecule has 2 amide bonds. The van der Waals surface area contributed by atoms with Crippen LogP contribution in [0.1, 0.15) is 25.3 Å². The molecule has 3 nitrogen and oxygen atoms in total. The Balaban J connectivity index is 2.44. The third-order valence-electron chi connectivity index (χ3n) is 3.27. The number of halogens is 2. The number of hydrogen-bond donors (Lipinski definition) is 0. The molecule has 1 aromatic rings. The molecule has 0 saturated carbocycles. The summed E-state index contributed by atoms with van der Waals surface area (Å²) in [6.45, 7) is 1.72. The van der Waals surface area contributed by atoms with Crippen LogP contribution in [0.5, 0.6) is 0 Å². The first-order chi connectivity index (χ1) is 8.49. The summed E-state index contributed by atoms with van der Waals surface area (Å²) in [7, 11) is 0. The molecule has 5 heteroatoms. The van der Waals surface area contributed by atoms with Gasteiger partial charge in [-0.15, -0.1) is 11.6 Å². The van der Waals surface area contributed by atoms with Crippen molar-refractivity contribution in [3.05, 3.63) is 35.6 Å². The number of rotatable bonds is 3. The molecule has 1 aromatic carbocycles. The van der Waals surface area contributed by atoms with Crippen LogP contribution in [0.15, 0.2) is 24.3 Å². The summed E-state index contributed by atoms with van der Waals surface area (Å²) in [5.74, 6) is -0.745. The van der Waals surface area contributed by atoms with E-state index < -0.39 is 5.54 Å². The van der Waals surface area contributed by atoms with Crippen molar-refractivity contribution in [2.75, 3.05) is 5.88 Å². The number of likely N-dealkylation sites (tertiary alicyclic amines) is 1. The van der Waals surface area contributed by atoms with E-state index in [0.717, 1.165) is 0 Å². The van der Waals surface area contributed by atoms with Crippen LogP contribution >= 0.6 is 11.6 Å². The Hall–Kier alpha value is -1.42. The van der Waals surface area contributed by atoms with Crippen molar-refractivity contribution in [3.63, 3.8) is 0 Å². The molecule has 0 spiro atoms. The van der Waals surface area contributed by atoms with Crippen LogP contribution in [0, 0.1) is 5.82 Å². The second-order valence-electron chi connectivity index (χ2n) is 4.54. The molecular formula is C13H13ClFNO2. The first-order valence-electron chi connectivity index (χ1n) is 5.67. The molecule has 0 aromatic heterocycles. The summed E-state index contributed by atoms with van der Waals surface area (Å²) in [5.41, 5.74) is -0.262. The van der Waals surface area contributed by atoms with E-state index in [-0.39, 0.29) is 36.4 Å². The minimum atomic E-state index is -0.917. The third-order valence-corrected chi connectivity index (χ3v) is 3.79. The zero-order valence-electron chi connectivity index (χ0n) is 9.95. The highest BCUT2D eigenvalue weighted by Gasteiger charge is 2.43. The lowest BCUT2D eigenvalue weighted by molar-refractivity contribution is -0.144. The van der Waals surface area contributed by atoms with Crippen LogP contribution in [-0.2, 0) is 15.1 Å². The molecule has 96 valence electrons. The summed E-state index contributed by atoms with van der Waals surface area (Å²) in [6.07, 6.45) is 0.430. The Bertz CT molecular complexity index is 472. The van der Waals surface area contributed by atoms with Crippen molar-refractivity contribution >= 4 is 23.4 Å². The zero-order valence-corrected chi connectivity index (χ0v) is 10.7. The van der Waals surface area contributed by atoms with Gasteiger partial charge in [0.25, 0.3) is 0 Å². The largest absolute Gasteiger partial charge is 0.274 e. The maximum absolute atomic E-state index is 12.9. The smallest absolute Gasteiger partial charge is 0.230 e. The summed E-state index contributed by atoms with van der Waals surface area (Å²) in [6, 6.07) is 5.70. The van der Waals surface area contributed by atoms with Gasteiger partial charge < -0.3 is 0 Å². The predicted molar refractivity (Wildman–Crippen MR) is 65.6 cm³/mol. The number of carbonyl (C=O) groups excluding carboxylic acids is 2. The van der Waals surface area contributed by atoms with Crippen molar-refractivity contribution < 1.29 is 14.0 Å². The number of nitrogens with zero attached hydrogens (tertiary/aromatic N) is 1. The van der Waals surface area contributed by atoms with E-state index in [0.29, 0.717) is 5.56 Å². The second-order valence-corrected chi connectivity index (χ2v) is 4.80. The molecule has 1 aliphatic rings. The quantitative estimate of drug-likeness (QED) is 0.624. The molecule has 1 atom stereocenters. The fourth-order valence-corrected chi connectivity index (χ4v) is 2.48. The molecule has 2 rings (SSSR count). The molecule has 1 heterocycles. The first-order valence-corrected chi connectivity index (χ1v) is 6.20. The highest BCUT2D eigenvalue weighted by atomic mass is 35.5. The van der Waals surface area contributed by atoms with E-state index in [1.807, 2.05) is 0 Å². The van der Waals surface area contributed by atoms with Crippen LogP contribution in [0.2, 0.25) is 0 Å². The average molecular weight is 270 g/mol. The Kier molecular flexibility index (Phi) is 3.39. The van der Waals surface area contributed by atoms with E-state index in [2.05, 4.69) is 0 Å². The number of carbonyl (C=O) groups is 2. The molecule has 0 aliphatic carbocycles. The van der Waals surface area contributed by atoms with Gasteiger partial charge in [-0.3, -0.25) is 14.5 Å². The average Bonchev–Trinajstić information content (AvgIpc) is 2.69. The fraction of sp³-hybridized carbons (Fsp3) is 0.385. The van der Waals surface area contributed by atoms with Crippen molar-refractivity contribution in [1.29, 1.82) is 0 Å². The molecule has 0 N–H and O–H groups in total. The van der Waals surface area contributed by atoms with Gasteiger partial charge in [-0.2, -0.15) is 0 Å². The molecule has 18 heavy (non-hydrogen) atoms. The Morgan fingerprint density at radius 1 is 1.22 bits per heavy atom. The number of amides is 2. The number of hydrogen-bond acceptors (Lipinski definition) is 2. The van der Waals surface area contributed by atoms with Crippen molar-refractivity contribution in [2.45, 2.75) is 25.3 Å². The van der Waals surface area contributed by atoms with Gasteiger partial charge in [0.2, 0.25) is 11.8 Å². The lowest BCUT2D eigenvalue weighted by Crippen LogP contribution is -2.48. The van der Waals surface area contributed by atoms with E-state index in [9.17, 15) is 14.0 Å². The SMILES string of the molecule is CC(CCl)(c1ccc(F)cc1)N1C(=O)CCC1=O. The highest BCUT2D eigenvalue weighted by molar-refractivity contribution is 6.19. The van der Waals surface area contributed by atoms with E-state index in [1.165, 1.54) is 17.0 Å². The van der Waals surface area contributed by atoms with Crippen molar-refractivity contribution in [3.8, 4) is 0 Å². The van der Waals surface area contributed by atoms with Crippen LogP contribution < -0.4 is 0 Å². The van der Waals surface area contributed by atoms with Gasteiger partial charge in [0.15, 0.2) is 0 Å². The second kappa shape index (κ2) is 4.69. The van der Waals surface area contributed by atoms with Gasteiger partial charge in [-0.05, 0) is 24.6 Å². The zero-order chi connectivity index (χ0) is 13.3. The maximum Gasteiger partial charge on any atom is 0.230 e. The molecule has 1 saturated heterocycles. The first kappa shape index (κ1) is 13.0. The summed E-state index contributed by atoms with van der Waals surface area (Å²) < 4.78 is 12.9. The third kappa shape index (κ3) is 2.01. The molecular weight excluding hydrogens is 257 g/mol. The lowest BCUT2D eigenvalue weighted by atomic mass is 9.92. The van der Waals surface area contributed by atoms with E-state index in [1.54, 1.807) is 19.1 Å². The van der Waals surface area contributed by atoms with Crippen molar-refractivity contribution in [1.82, 2.24) is 4.90 Å². The molecule has 1 unspecified atom stereocenters. The van der Waals surface area contributed by atoms with Crippen LogP contribution in [-0.4, -0.2) is 22.6 Å². The molecule has 1 aliphatic heterocycles.